The molecule has 1 heterocycles. The van der Waals surface area contributed by atoms with Crippen LogP contribution >= 0.6 is 50.5 Å². The maximum absolute atomic E-state index is 6.13. The molecule has 108 valence electrons. The molecule has 0 aliphatic carbocycles. The number of thiophene rings is 1. The van der Waals surface area contributed by atoms with Crippen LogP contribution in [0.4, 0.5) is 0 Å². The van der Waals surface area contributed by atoms with Crippen molar-refractivity contribution < 1.29 is 0 Å². The fourth-order valence-electron chi connectivity index (χ4n) is 2.02. The molecule has 0 aliphatic heterocycles. The molecule has 0 amide bonds. The number of halogens is 3. The van der Waals surface area contributed by atoms with Crippen LogP contribution < -0.4 is 5.32 Å². The van der Waals surface area contributed by atoms with Gasteiger partial charge in [-0.05, 0) is 58.7 Å². The highest BCUT2D eigenvalue weighted by atomic mass is 79.9. The lowest BCUT2D eigenvalue weighted by atomic mass is 10.0. The van der Waals surface area contributed by atoms with Crippen molar-refractivity contribution in [1.82, 2.24) is 5.32 Å². The number of nitrogens with one attached hydrogen (secondary N) is 1. The first kappa shape index (κ1) is 16.3. The van der Waals surface area contributed by atoms with Crippen LogP contribution in [0.25, 0.3) is 0 Å². The topological polar surface area (TPSA) is 12.0 Å². The largest absolute Gasteiger partial charge is 0.310 e. The summed E-state index contributed by atoms with van der Waals surface area (Å²) in [6.07, 6.45) is 2.06. The average molecular weight is 393 g/mol. The monoisotopic (exact) mass is 391 g/mol. The summed E-state index contributed by atoms with van der Waals surface area (Å²) in [5.41, 5.74) is 1.18. The van der Waals surface area contributed by atoms with Gasteiger partial charge in [0, 0.05) is 17.3 Å². The van der Waals surface area contributed by atoms with Gasteiger partial charge in [0.1, 0.15) is 0 Å². The van der Waals surface area contributed by atoms with E-state index in [0.29, 0.717) is 10.0 Å². The quantitative estimate of drug-likeness (QED) is 0.625. The van der Waals surface area contributed by atoms with E-state index < -0.39 is 0 Å². The van der Waals surface area contributed by atoms with Crippen LogP contribution in [0.2, 0.25) is 10.0 Å². The molecule has 20 heavy (non-hydrogen) atoms. The van der Waals surface area contributed by atoms with Crippen molar-refractivity contribution >= 4 is 50.5 Å². The SMILES string of the molecule is CCCNC(Cc1ccc(Br)s1)c1ccc(Cl)c(Cl)c1. The van der Waals surface area contributed by atoms with E-state index in [4.69, 9.17) is 23.2 Å². The lowest BCUT2D eigenvalue weighted by Gasteiger charge is -2.19. The van der Waals surface area contributed by atoms with E-state index in [1.165, 1.54) is 10.4 Å². The normalized spacial score (nSPS) is 12.6. The molecule has 0 saturated carbocycles. The lowest BCUT2D eigenvalue weighted by Crippen LogP contribution is -2.23. The Bertz CT molecular complexity index is 571. The molecule has 1 N–H and O–H groups in total. The van der Waals surface area contributed by atoms with Crippen LogP contribution in [0.15, 0.2) is 34.1 Å². The van der Waals surface area contributed by atoms with Crippen molar-refractivity contribution in [1.29, 1.82) is 0 Å². The van der Waals surface area contributed by atoms with Gasteiger partial charge in [-0.1, -0.05) is 36.2 Å². The van der Waals surface area contributed by atoms with E-state index in [0.717, 1.165) is 23.2 Å². The molecular weight excluding hydrogens is 377 g/mol. The molecule has 1 unspecified atom stereocenters. The molecule has 1 aromatic carbocycles. The van der Waals surface area contributed by atoms with E-state index in [1.807, 2.05) is 18.2 Å². The fraction of sp³-hybridized carbons (Fsp3) is 0.333. The molecular formula is C15H16BrCl2NS. The van der Waals surface area contributed by atoms with Crippen LogP contribution in [0.5, 0.6) is 0 Å². The van der Waals surface area contributed by atoms with Crippen LogP contribution in [0.1, 0.15) is 29.8 Å². The van der Waals surface area contributed by atoms with Crippen LogP contribution in [-0.2, 0) is 6.42 Å². The smallest absolute Gasteiger partial charge is 0.0701 e. The van der Waals surface area contributed by atoms with E-state index in [1.54, 1.807) is 11.3 Å². The first-order chi connectivity index (χ1) is 9.60. The predicted octanol–water partition coefficient (Wildman–Crippen LogP) is 6.10. The van der Waals surface area contributed by atoms with Gasteiger partial charge < -0.3 is 5.32 Å². The van der Waals surface area contributed by atoms with Gasteiger partial charge in [0.25, 0.3) is 0 Å². The molecule has 1 atom stereocenters. The van der Waals surface area contributed by atoms with Crippen molar-refractivity contribution in [2.24, 2.45) is 0 Å². The van der Waals surface area contributed by atoms with Gasteiger partial charge in [0.2, 0.25) is 0 Å². The Morgan fingerprint density at radius 2 is 2.00 bits per heavy atom. The number of hydrogen-bond donors (Lipinski definition) is 1. The molecule has 5 heteroatoms. The molecule has 0 spiro atoms. The minimum absolute atomic E-state index is 0.260. The Morgan fingerprint density at radius 3 is 2.60 bits per heavy atom. The van der Waals surface area contributed by atoms with Crippen molar-refractivity contribution in [2.75, 3.05) is 6.54 Å². The first-order valence-electron chi connectivity index (χ1n) is 6.52. The predicted molar refractivity (Wildman–Crippen MR) is 93.2 cm³/mol. The molecule has 1 nitrogen and oxygen atoms in total. The maximum Gasteiger partial charge on any atom is 0.0701 e. The number of benzene rings is 1. The molecule has 0 radical (unpaired) electrons. The molecule has 0 fully saturated rings. The summed E-state index contributed by atoms with van der Waals surface area (Å²) < 4.78 is 1.16. The number of rotatable bonds is 6. The van der Waals surface area contributed by atoms with Gasteiger partial charge in [-0.15, -0.1) is 11.3 Å². The Labute approximate surface area is 142 Å². The lowest BCUT2D eigenvalue weighted by molar-refractivity contribution is 0.532. The molecule has 0 aliphatic rings. The second-order valence-electron chi connectivity index (χ2n) is 4.59. The Kier molecular flexibility index (Phi) is 6.37. The Balaban J connectivity index is 2.19. The average Bonchev–Trinajstić information content (AvgIpc) is 2.83. The summed E-state index contributed by atoms with van der Waals surface area (Å²) in [5, 5.41) is 4.79. The maximum atomic E-state index is 6.13. The summed E-state index contributed by atoms with van der Waals surface area (Å²) in [6.45, 7) is 3.15. The second-order valence-corrected chi connectivity index (χ2v) is 7.95. The van der Waals surface area contributed by atoms with Crippen molar-refractivity contribution in [3.8, 4) is 0 Å². The van der Waals surface area contributed by atoms with Crippen molar-refractivity contribution in [2.45, 2.75) is 25.8 Å². The molecule has 1 aromatic heterocycles. The van der Waals surface area contributed by atoms with Gasteiger partial charge >= 0.3 is 0 Å². The first-order valence-corrected chi connectivity index (χ1v) is 8.89. The van der Waals surface area contributed by atoms with Crippen LogP contribution in [0, 0.1) is 0 Å². The molecule has 2 rings (SSSR count). The van der Waals surface area contributed by atoms with E-state index in [2.05, 4.69) is 40.3 Å². The summed E-state index contributed by atoms with van der Waals surface area (Å²) in [6, 6.07) is 10.4. The van der Waals surface area contributed by atoms with Crippen molar-refractivity contribution in [3.05, 3.63) is 54.6 Å². The molecule has 0 bridgehead atoms. The third kappa shape index (κ3) is 4.47. The standard InChI is InChI=1S/C15H16BrCl2NS/c1-2-7-19-14(9-11-4-6-15(16)20-11)10-3-5-12(17)13(18)8-10/h3-6,8,14,19H,2,7,9H2,1H3. The van der Waals surface area contributed by atoms with Gasteiger partial charge in [-0.2, -0.15) is 0 Å². The third-order valence-electron chi connectivity index (χ3n) is 3.02. The van der Waals surface area contributed by atoms with E-state index >= 15 is 0 Å². The Morgan fingerprint density at radius 1 is 1.20 bits per heavy atom. The van der Waals surface area contributed by atoms with Gasteiger partial charge in [0.05, 0.1) is 13.8 Å². The molecule has 0 saturated heterocycles. The number of hydrogen-bond acceptors (Lipinski definition) is 2. The second kappa shape index (κ2) is 7.81. The summed E-state index contributed by atoms with van der Waals surface area (Å²) in [4.78, 5) is 1.34. The summed E-state index contributed by atoms with van der Waals surface area (Å²) in [7, 11) is 0. The van der Waals surface area contributed by atoms with Crippen molar-refractivity contribution in [3.63, 3.8) is 0 Å². The highest BCUT2D eigenvalue weighted by Crippen LogP contribution is 2.30. The highest BCUT2D eigenvalue weighted by Gasteiger charge is 2.14. The minimum atomic E-state index is 0.260. The zero-order valence-electron chi connectivity index (χ0n) is 11.1. The fourth-order valence-corrected chi connectivity index (χ4v) is 3.85. The van der Waals surface area contributed by atoms with E-state index in [9.17, 15) is 0 Å². The Hall–Kier alpha value is -0.0600. The highest BCUT2D eigenvalue weighted by molar-refractivity contribution is 9.11. The zero-order chi connectivity index (χ0) is 14.5. The van der Waals surface area contributed by atoms with E-state index in [-0.39, 0.29) is 6.04 Å². The van der Waals surface area contributed by atoms with Gasteiger partial charge in [-0.3, -0.25) is 0 Å². The zero-order valence-corrected chi connectivity index (χ0v) is 15.0. The summed E-state index contributed by atoms with van der Waals surface area (Å²) >= 11 is 17.4. The van der Waals surface area contributed by atoms with Crippen LogP contribution in [-0.4, -0.2) is 6.54 Å². The minimum Gasteiger partial charge on any atom is -0.310 e. The third-order valence-corrected chi connectivity index (χ3v) is 5.41. The van der Waals surface area contributed by atoms with Gasteiger partial charge in [0.15, 0.2) is 0 Å². The molecule has 2 aromatic rings. The van der Waals surface area contributed by atoms with Gasteiger partial charge in [-0.25, -0.2) is 0 Å². The summed E-state index contributed by atoms with van der Waals surface area (Å²) in [5.74, 6) is 0. The van der Waals surface area contributed by atoms with Crippen LogP contribution in [0.3, 0.4) is 0 Å².